The van der Waals surface area contributed by atoms with Crippen LogP contribution in [0.1, 0.15) is 0 Å². The minimum Gasteiger partial charge on any atom is -0.456 e. The number of nitrogens with one attached hydrogen (secondary N) is 1. The molecular formula is C36H22N2O. The van der Waals surface area contributed by atoms with E-state index < -0.39 is 0 Å². The average molecular weight is 499 g/mol. The zero-order valence-electron chi connectivity index (χ0n) is 21.0. The van der Waals surface area contributed by atoms with Crippen molar-refractivity contribution in [3.63, 3.8) is 0 Å². The van der Waals surface area contributed by atoms with E-state index in [-0.39, 0.29) is 0 Å². The van der Waals surface area contributed by atoms with Gasteiger partial charge < -0.3 is 14.0 Å². The summed E-state index contributed by atoms with van der Waals surface area (Å²) in [6.07, 6.45) is 0. The van der Waals surface area contributed by atoms with E-state index in [1.165, 1.54) is 49.2 Å². The smallest absolute Gasteiger partial charge is 0.135 e. The monoisotopic (exact) mass is 498 g/mol. The Kier molecular flexibility index (Phi) is 4.05. The molecule has 0 atom stereocenters. The molecule has 0 fully saturated rings. The van der Waals surface area contributed by atoms with Gasteiger partial charge in [0, 0.05) is 49.0 Å². The van der Waals surface area contributed by atoms with Crippen LogP contribution in [-0.2, 0) is 0 Å². The topological polar surface area (TPSA) is 33.9 Å². The van der Waals surface area contributed by atoms with E-state index in [1.807, 2.05) is 0 Å². The highest BCUT2D eigenvalue weighted by atomic mass is 16.3. The number of furan rings is 1. The molecule has 0 aliphatic rings. The third-order valence-corrected chi connectivity index (χ3v) is 8.13. The second kappa shape index (κ2) is 7.62. The van der Waals surface area contributed by atoms with Gasteiger partial charge in [0.1, 0.15) is 11.2 Å². The fraction of sp³-hybridized carbons (Fsp3) is 0. The van der Waals surface area contributed by atoms with Gasteiger partial charge in [-0.25, -0.2) is 0 Å². The second-order valence-electron chi connectivity index (χ2n) is 10.3. The summed E-state index contributed by atoms with van der Waals surface area (Å²) in [6.45, 7) is 0. The summed E-state index contributed by atoms with van der Waals surface area (Å²) >= 11 is 0. The van der Waals surface area contributed by atoms with Crippen LogP contribution in [0.2, 0.25) is 0 Å². The van der Waals surface area contributed by atoms with Gasteiger partial charge in [-0.2, -0.15) is 0 Å². The zero-order chi connectivity index (χ0) is 25.5. The number of para-hydroxylation sites is 3. The molecule has 9 aromatic rings. The molecule has 3 aromatic heterocycles. The molecule has 182 valence electrons. The van der Waals surface area contributed by atoms with Crippen molar-refractivity contribution in [2.45, 2.75) is 0 Å². The van der Waals surface area contributed by atoms with Crippen LogP contribution in [0, 0.1) is 0 Å². The fourth-order valence-electron chi connectivity index (χ4n) is 6.31. The molecule has 9 rings (SSSR count). The molecule has 0 unspecified atom stereocenters. The van der Waals surface area contributed by atoms with Crippen LogP contribution < -0.4 is 0 Å². The molecule has 0 bridgehead atoms. The van der Waals surface area contributed by atoms with Gasteiger partial charge in [-0.1, -0.05) is 66.7 Å². The van der Waals surface area contributed by atoms with E-state index in [9.17, 15) is 0 Å². The van der Waals surface area contributed by atoms with Gasteiger partial charge in [0.05, 0.1) is 11.0 Å². The maximum atomic E-state index is 6.29. The Balaban J connectivity index is 1.26. The summed E-state index contributed by atoms with van der Waals surface area (Å²) in [4.78, 5) is 3.53. The van der Waals surface area contributed by atoms with E-state index in [0.717, 1.165) is 33.1 Å². The lowest BCUT2D eigenvalue weighted by Gasteiger charge is -2.08. The highest BCUT2D eigenvalue weighted by Gasteiger charge is 2.15. The van der Waals surface area contributed by atoms with Gasteiger partial charge >= 0.3 is 0 Å². The van der Waals surface area contributed by atoms with Crippen molar-refractivity contribution in [1.82, 2.24) is 9.55 Å². The lowest BCUT2D eigenvalue weighted by molar-refractivity contribution is 0.669. The minimum absolute atomic E-state index is 0.902. The van der Waals surface area contributed by atoms with Gasteiger partial charge in [-0.05, 0) is 71.8 Å². The number of nitrogens with zero attached hydrogens (tertiary/aromatic N) is 1. The summed E-state index contributed by atoms with van der Waals surface area (Å²) < 4.78 is 8.65. The normalized spacial score (nSPS) is 12.1. The number of benzene rings is 6. The van der Waals surface area contributed by atoms with Gasteiger partial charge in [0.2, 0.25) is 0 Å². The van der Waals surface area contributed by atoms with E-state index in [2.05, 4.69) is 137 Å². The molecule has 1 N–H and O–H groups in total. The first-order valence-corrected chi connectivity index (χ1v) is 13.3. The number of hydrogen-bond acceptors (Lipinski definition) is 1. The Morgan fingerprint density at radius 2 is 1.00 bits per heavy atom. The molecular weight excluding hydrogens is 476 g/mol. The second-order valence-corrected chi connectivity index (χ2v) is 10.3. The first-order chi connectivity index (χ1) is 19.3. The van der Waals surface area contributed by atoms with E-state index in [4.69, 9.17) is 4.42 Å². The Bertz CT molecular complexity index is 2350. The first kappa shape index (κ1) is 20.7. The highest BCUT2D eigenvalue weighted by molar-refractivity contribution is 6.12. The predicted octanol–water partition coefficient (Wildman–Crippen LogP) is 9.98. The average Bonchev–Trinajstić information content (AvgIpc) is 3.65. The van der Waals surface area contributed by atoms with Crippen LogP contribution >= 0.6 is 0 Å². The number of rotatable bonds is 2. The molecule has 3 heterocycles. The molecule has 0 saturated heterocycles. The summed E-state index contributed by atoms with van der Waals surface area (Å²) in [7, 11) is 0. The summed E-state index contributed by atoms with van der Waals surface area (Å²) in [5, 5.41) is 7.28. The fourth-order valence-corrected chi connectivity index (χ4v) is 6.31. The molecule has 0 radical (unpaired) electrons. The van der Waals surface area contributed by atoms with Gasteiger partial charge in [-0.3, -0.25) is 0 Å². The van der Waals surface area contributed by atoms with Crippen molar-refractivity contribution in [2.75, 3.05) is 0 Å². The molecule has 3 nitrogen and oxygen atoms in total. The standard InChI is InChI=1S/C36H22N2O/c1-4-10-31-25(7-1)28-19-22(13-16-32(28)37-31)23-14-17-35-29(20-23)30-21-24(15-18-36(30)39-35)38-33-11-5-2-8-26(33)27-9-3-6-12-34(27)38/h1-21,37H. The lowest BCUT2D eigenvalue weighted by atomic mass is 10.0. The van der Waals surface area contributed by atoms with Crippen LogP contribution in [0.5, 0.6) is 0 Å². The summed E-state index contributed by atoms with van der Waals surface area (Å²) in [5.74, 6) is 0. The quantitative estimate of drug-likeness (QED) is 0.253. The van der Waals surface area contributed by atoms with Crippen LogP contribution in [0.4, 0.5) is 0 Å². The van der Waals surface area contributed by atoms with Crippen LogP contribution in [0.25, 0.3) is 82.4 Å². The molecule has 3 heteroatoms. The number of aromatic amines is 1. The number of aromatic nitrogens is 2. The third kappa shape index (κ3) is 2.93. The van der Waals surface area contributed by atoms with Crippen molar-refractivity contribution >= 4 is 65.6 Å². The van der Waals surface area contributed by atoms with Crippen molar-refractivity contribution < 1.29 is 4.42 Å². The molecule has 0 amide bonds. The Labute approximate surface area is 223 Å². The van der Waals surface area contributed by atoms with Crippen molar-refractivity contribution in [3.8, 4) is 16.8 Å². The number of H-pyrrole nitrogens is 1. The number of fused-ring (bicyclic) bond motifs is 9. The molecule has 0 aliphatic carbocycles. The highest BCUT2D eigenvalue weighted by Crippen LogP contribution is 2.37. The zero-order valence-corrected chi connectivity index (χ0v) is 21.0. The van der Waals surface area contributed by atoms with E-state index in [0.29, 0.717) is 0 Å². The molecule has 0 spiro atoms. The lowest BCUT2D eigenvalue weighted by Crippen LogP contribution is -1.93. The molecule has 0 saturated carbocycles. The van der Waals surface area contributed by atoms with Gasteiger partial charge in [0.25, 0.3) is 0 Å². The molecule has 0 aliphatic heterocycles. The van der Waals surface area contributed by atoms with E-state index in [1.54, 1.807) is 0 Å². The first-order valence-electron chi connectivity index (χ1n) is 13.3. The maximum Gasteiger partial charge on any atom is 0.135 e. The SMILES string of the molecule is c1ccc2c(c1)[nH]c1ccc(-c3ccc4oc5ccc(-n6c7ccccc7c7ccccc76)cc5c4c3)cc12. The van der Waals surface area contributed by atoms with Crippen LogP contribution in [-0.4, -0.2) is 9.55 Å². The van der Waals surface area contributed by atoms with Crippen molar-refractivity contribution in [3.05, 3.63) is 127 Å². The summed E-state index contributed by atoms with van der Waals surface area (Å²) in [5.41, 5.74) is 10.1. The minimum atomic E-state index is 0.902. The summed E-state index contributed by atoms with van der Waals surface area (Å²) in [6, 6.07) is 45.5. The molecule has 6 aromatic carbocycles. The van der Waals surface area contributed by atoms with Gasteiger partial charge in [-0.15, -0.1) is 0 Å². The van der Waals surface area contributed by atoms with Crippen LogP contribution in [0.3, 0.4) is 0 Å². The Morgan fingerprint density at radius 1 is 0.436 bits per heavy atom. The number of hydrogen-bond donors (Lipinski definition) is 1. The van der Waals surface area contributed by atoms with E-state index >= 15 is 0 Å². The Hall–Kier alpha value is -5.28. The van der Waals surface area contributed by atoms with Crippen molar-refractivity contribution in [1.29, 1.82) is 0 Å². The predicted molar refractivity (Wildman–Crippen MR) is 163 cm³/mol. The largest absolute Gasteiger partial charge is 0.456 e. The maximum absolute atomic E-state index is 6.29. The van der Waals surface area contributed by atoms with Crippen molar-refractivity contribution in [2.24, 2.45) is 0 Å². The third-order valence-electron chi connectivity index (χ3n) is 8.13. The Morgan fingerprint density at radius 3 is 1.77 bits per heavy atom. The van der Waals surface area contributed by atoms with Gasteiger partial charge in [0.15, 0.2) is 0 Å². The molecule has 39 heavy (non-hydrogen) atoms. The van der Waals surface area contributed by atoms with Crippen LogP contribution in [0.15, 0.2) is 132 Å².